The summed E-state index contributed by atoms with van der Waals surface area (Å²) in [7, 11) is 0. The van der Waals surface area contributed by atoms with Crippen LogP contribution in [0.4, 0.5) is 8.78 Å². The number of fused-ring (bicyclic) bond motifs is 1. The average Bonchev–Trinajstić information content (AvgIpc) is 3.27. The van der Waals surface area contributed by atoms with Gasteiger partial charge in [-0.2, -0.15) is 0 Å². The van der Waals surface area contributed by atoms with E-state index in [0.717, 1.165) is 23.1 Å². The summed E-state index contributed by atoms with van der Waals surface area (Å²) in [5, 5.41) is 10.7. The van der Waals surface area contributed by atoms with Crippen LogP contribution < -0.4 is 0 Å². The van der Waals surface area contributed by atoms with Crippen LogP contribution in [0.2, 0.25) is 0 Å². The van der Waals surface area contributed by atoms with E-state index in [1.165, 1.54) is 24.0 Å². The van der Waals surface area contributed by atoms with Gasteiger partial charge in [0.25, 0.3) is 11.8 Å². The second kappa shape index (κ2) is 7.78. The SMILES string of the molecule is C[C@H](C(=O)N1[C@H](c2cc(F)cc(F)c2)CC[C@@H]1C(C)(C)O)N1C(=O)c2ccccc2C1=O. The standard InChI is InChI=1S/C24H24F2N2O4/c1-13(27-22(30)17-6-4-5-7-18(17)23(27)31)21(29)28-19(8-9-20(28)24(2,3)32)14-10-15(25)12-16(26)11-14/h4-7,10-13,19-20,32H,8-9H2,1-3H3/t13-,19+,20-/m1/s1. The number of carbonyl (C=O) groups excluding carboxylic acids is 3. The molecular formula is C24H24F2N2O4. The minimum atomic E-state index is -1.31. The van der Waals surface area contributed by atoms with Gasteiger partial charge in [0.1, 0.15) is 17.7 Å². The fourth-order valence-corrected chi connectivity index (χ4v) is 4.79. The summed E-state index contributed by atoms with van der Waals surface area (Å²) in [5.74, 6) is -3.25. The Morgan fingerprint density at radius 1 is 1.03 bits per heavy atom. The normalized spacial score (nSPS) is 21.8. The van der Waals surface area contributed by atoms with Crippen molar-refractivity contribution in [1.29, 1.82) is 0 Å². The van der Waals surface area contributed by atoms with Crippen molar-refractivity contribution in [3.63, 3.8) is 0 Å². The Hall–Kier alpha value is -3.13. The lowest BCUT2D eigenvalue weighted by atomic mass is 9.96. The first kappa shape index (κ1) is 22.1. The Balaban J connectivity index is 1.71. The van der Waals surface area contributed by atoms with Crippen molar-refractivity contribution in [3.8, 4) is 0 Å². The highest BCUT2D eigenvalue weighted by atomic mass is 19.1. The molecule has 0 aromatic heterocycles. The van der Waals surface area contributed by atoms with Gasteiger partial charge < -0.3 is 10.0 Å². The highest BCUT2D eigenvalue weighted by Crippen LogP contribution is 2.41. The van der Waals surface area contributed by atoms with Gasteiger partial charge in [0.2, 0.25) is 5.91 Å². The van der Waals surface area contributed by atoms with Gasteiger partial charge in [-0.3, -0.25) is 19.3 Å². The zero-order valence-corrected chi connectivity index (χ0v) is 18.0. The number of aliphatic hydroxyl groups is 1. The molecular weight excluding hydrogens is 418 g/mol. The molecule has 2 aliphatic rings. The Bertz CT molecular complexity index is 1060. The number of likely N-dealkylation sites (tertiary alicyclic amines) is 1. The summed E-state index contributed by atoms with van der Waals surface area (Å²) in [6.45, 7) is 4.56. The van der Waals surface area contributed by atoms with Crippen molar-refractivity contribution in [2.24, 2.45) is 0 Å². The van der Waals surface area contributed by atoms with E-state index in [0.29, 0.717) is 12.8 Å². The molecule has 3 amide bonds. The van der Waals surface area contributed by atoms with E-state index in [1.54, 1.807) is 26.0 Å². The first-order valence-corrected chi connectivity index (χ1v) is 10.5. The van der Waals surface area contributed by atoms with E-state index in [2.05, 4.69) is 0 Å². The quantitative estimate of drug-likeness (QED) is 0.736. The highest BCUT2D eigenvalue weighted by Gasteiger charge is 2.49. The van der Waals surface area contributed by atoms with Crippen LogP contribution in [-0.2, 0) is 4.79 Å². The molecule has 6 nitrogen and oxygen atoms in total. The third kappa shape index (κ3) is 3.58. The van der Waals surface area contributed by atoms with Gasteiger partial charge in [-0.15, -0.1) is 0 Å². The highest BCUT2D eigenvalue weighted by molar-refractivity contribution is 6.22. The van der Waals surface area contributed by atoms with E-state index in [1.807, 2.05) is 0 Å². The predicted molar refractivity (Wildman–Crippen MR) is 112 cm³/mol. The molecule has 3 atom stereocenters. The summed E-state index contributed by atoms with van der Waals surface area (Å²) < 4.78 is 27.8. The zero-order valence-electron chi connectivity index (χ0n) is 18.0. The zero-order chi connectivity index (χ0) is 23.4. The second-order valence-corrected chi connectivity index (χ2v) is 8.91. The number of hydrogen-bond acceptors (Lipinski definition) is 4. The fraction of sp³-hybridized carbons (Fsp3) is 0.375. The summed E-state index contributed by atoms with van der Waals surface area (Å²) >= 11 is 0. The van der Waals surface area contributed by atoms with Crippen molar-refractivity contribution in [1.82, 2.24) is 9.80 Å². The van der Waals surface area contributed by atoms with E-state index < -0.39 is 53.1 Å². The average molecular weight is 442 g/mol. The van der Waals surface area contributed by atoms with Gasteiger partial charge in [0.15, 0.2) is 0 Å². The van der Waals surface area contributed by atoms with Gasteiger partial charge in [-0.1, -0.05) is 12.1 Å². The molecule has 2 heterocycles. The lowest BCUT2D eigenvalue weighted by molar-refractivity contribution is -0.143. The third-order valence-electron chi connectivity index (χ3n) is 6.29. The Morgan fingerprint density at radius 2 is 1.56 bits per heavy atom. The lowest BCUT2D eigenvalue weighted by Gasteiger charge is -2.39. The van der Waals surface area contributed by atoms with Gasteiger partial charge in [0.05, 0.1) is 28.8 Å². The van der Waals surface area contributed by atoms with Crippen LogP contribution in [0.3, 0.4) is 0 Å². The van der Waals surface area contributed by atoms with E-state index >= 15 is 0 Å². The summed E-state index contributed by atoms with van der Waals surface area (Å²) in [6.07, 6.45) is 0.769. The maximum Gasteiger partial charge on any atom is 0.262 e. The molecule has 2 aliphatic heterocycles. The Labute approximate surface area is 184 Å². The van der Waals surface area contributed by atoms with Crippen molar-refractivity contribution < 1.29 is 28.3 Å². The molecule has 0 aliphatic carbocycles. The molecule has 32 heavy (non-hydrogen) atoms. The topological polar surface area (TPSA) is 77.9 Å². The number of halogens is 2. The maximum atomic E-state index is 13.9. The van der Waals surface area contributed by atoms with Crippen molar-refractivity contribution in [3.05, 3.63) is 70.8 Å². The third-order valence-corrected chi connectivity index (χ3v) is 6.29. The first-order chi connectivity index (χ1) is 15.0. The largest absolute Gasteiger partial charge is 0.388 e. The van der Waals surface area contributed by atoms with Gasteiger partial charge in [-0.05, 0) is 63.4 Å². The molecule has 0 unspecified atom stereocenters. The van der Waals surface area contributed by atoms with E-state index in [-0.39, 0.29) is 16.7 Å². The van der Waals surface area contributed by atoms with Crippen molar-refractivity contribution in [2.75, 3.05) is 0 Å². The van der Waals surface area contributed by atoms with Gasteiger partial charge >= 0.3 is 0 Å². The van der Waals surface area contributed by atoms with Crippen LogP contribution >= 0.6 is 0 Å². The van der Waals surface area contributed by atoms with Crippen molar-refractivity contribution >= 4 is 17.7 Å². The predicted octanol–water partition coefficient (Wildman–Crippen LogP) is 3.45. The van der Waals surface area contributed by atoms with Crippen LogP contribution in [0, 0.1) is 11.6 Å². The molecule has 1 N–H and O–H groups in total. The van der Waals surface area contributed by atoms with Crippen LogP contribution in [0.1, 0.15) is 65.9 Å². The molecule has 0 spiro atoms. The van der Waals surface area contributed by atoms with Gasteiger partial charge in [-0.25, -0.2) is 8.78 Å². The number of carbonyl (C=O) groups is 3. The van der Waals surface area contributed by atoms with E-state index in [9.17, 15) is 28.3 Å². The molecule has 0 saturated carbocycles. The van der Waals surface area contributed by atoms with Crippen LogP contribution in [-0.4, -0.2) is 50.3 Å². The Morgan fingerprint density at radius 3 is 2.06 bits per heavy atom. The maximum absolute atomic E-state index is 13.9. The minimum Gasteiger partial charge on any atom is -0.388 e. The number of nitrogens with zero attached hydrogens (tertiary/aromatic N) is 2. The first-order valence-electron chi connectivity index (χ1n) is 10.5. The summed E-state index contributed by atoms with van der Waals surface area (Å²) in [4.78, 5) is 41.7. The molecule has 0 bridgehead atoms. The van der Waals surface area contributed by atoms with Gasteiger partial charge in [0, 0.05) is 6.07 Å². The molecule has 1 fully saturated rings. The van der Waals surface area contributed by atoms with E-state index in [4.69, 9.17) is 0 Å². The molecule has 1 saturated heterocycles. The number of imide groups is 1. The van der Waals surface area contributed by atoms with Crippen molar-refractivity contribution in [2.45, 2.75) is 57.3 Å². The second-order valence-electron chi connectivity index (χ2n) is 8.91. The molecule has 8 heteroatoms. The van der Waals surface area contributed by atoms with Crippen LogP contribution in [0.15, 0.2) is 42.5 Å². The van der Waals surface area contributed by atoms with Crippen LogP contribution in [0.25, 0.3) is 0 Å². The molecule has 2 aromatic rings. The number of benzene rings is 2. The number of amides is 3. The molecule has 4 rings (SSSR count). The lowest BCUT2D eigenvalue weighted by Crippen LogP contribution is -2.55. The summed E-state index contributed by atoms with van der Waals surface area (Å²) in [6, 6.07) is 6.87. The molecule has 0 radical (unpaired) electrons. The number of rotatable bonds is 4. The fourth-order valence-electron chi connectivity index (χ4n) is 4.79. The smallest absolute Gasteiger partial charge is 0.262 e. The number of hydrogen-bond donors (Lipinski definition) is 1. The Kier molecular flexibility index (Phi) is 5.36. The summed E-state index contributed by atoms with van der Waals surface area (Å²) in [5.41, 5.74) is -0.599. The minimum absolute atomic E-state index is 0.223. The monoisotopic (exact) mass is 442 g/mol. The van der Waals surface area contributed by atoms with Crippen LogP contribution in [0.5, 0.6) is 0 Å². The molecule has 2 aromatic carbocycles. The molecule has 168 valence electrons.